The monoisotopic (exact) mass is 290 g/mol. The molecule has 4 heteroatoms. The molecule has 0 saturated carbocycles. The molecule has 2 rings (SSSR count). The summed E-state index contributed by atoms with van der Waals surface area (Å²) in [5.74, 6) is 0. The first-order valence-corrected chi connectivity index (χ1v) is 8.19. The van der Waals surface area contributed by atoms with Gasteiger partial charge in [-0.05, 0) is 46.2 Å². The average molecular weight is 290 g/mol. The number of hydrogen-bond donors (Lipinski definition) is 1. The number of piperidine rings is 1. The largest absolute Gasteiger partial charge is 0.310 e. The third-order valence-corrected chi connectivity index (χ3v) is 4.25. The van der Waals surface area contributed by atoms with E-state index in [1.807, 2.05) is 11.7 Å². The summed E-state index contributed by atoms with van der Waals surface area (Å²) in [6, 6.07) is 0.651. The van der Waals surface area contributed by atoms with Crippen molar-refractivity contribution < 1.29 is 0 Å². The number of rotatable bonds is 6. The second kappa shape index (κ2) is 7.76. The second-order valence-corrected chi connectivity index (χ2v) is 6.37. The Labute approximate surface area is 129 Å². The van der Waals surface area contributed by atoms with Crippen molar-refractivity contribution in [3.63, 3.8) is 0 Å². The number of nitrogens with one attached hydrogen (secondary N) is 1. The van der Waals surface area contributed by atoms with Crippen LogP contribution >= 0.6 is 0 Å². The minimum absolute atomic E-state index is 0.651. The summed E-state index contributed by atoms with van der Waals surface area (Å²) in [4.78, 5) is 2.55. The van der Waals surface area contributed by atoms with E-state index in [9.17, 15) is 0 Å². The Balaban J connectivity index is 1.75. The third kappa shape index (κ3) is 4.97. The number of aryl methyl sites for hydroxylation is 2. The van der Waals surface area contributed by atoms with Gasteiger partial charge in [0, 0.05) is 37.9 Å². The van der Waals surface area contributed by atoms with Crippen molar-refractivity contribution in [1.82, 2.24) is 20.0 Å². The molecule has 21 heavy (non-hydrogen) atoms. The summed E-state index contributed by atoms with van der Waals surface area (Å²) in [6.45, 7) is 11.0. The smallest absolute Gasteiger partial charge is 0.0666 e. The van der Waals surface area contributed by atoms with Gasteiger partial charge in [-0.3, -0.25) is 9.58 Å². The number of nitrogens with zero attached hydrogens (tertiary/aromatic N) is 3. The van der Waals surface area contributed by atoms with Crippen LogP contribution in [0.4, 0.5) is 0 Å². The van der Waals surface area contributed by atoms with E-state index in [4.69, 9.17) is 0 Å². The molecule has 1 aliphatic heterocycles. The van der Waals surface area contributed by atoms with E-state index in [0.717, 1.165) is 19.5 Å². The Kier molecular flexibility index (Phi) is 6.00. The molecule has 2 heterocycles. The maximum absolute atomic E-state index is 4.51. The van der Waals surface area contributed by atoms with E-state index in [1.165, 1.54) is 42.8 Å². The quantitative estimate of drug-likeness (QED) is 0.817. The predicted molar refractivity (Wildman–Crippen MR) is 88.3 cm³/mol. The molecule has 1 aliphatic rings. The predicted octanol–water partition coefficient (Wildman–Crippen LogP) is 2.50. The van der Waals surface area contributed by atoms with Gasteiger partial charge in [0.25, 0.3) is 0 Å². The fourth-order valence-corrected chi connectivity index (χ4v) is 2.91. The Morgan fingerprint density at radius 3 is 2.71 bits per heavy atom. The average Bonchev–Trinajstić information content (AvgIpc) is 2.84. The van der Waals surface area contributed by atoms with Gasteiger partial charge in [0.15, 0.2) is 0 Å². The highest BCUT2D eigenvalue weighted by Gasteiger charge is 2.18. The van der Waals surface area contributed by atoms with Gasteiger partial charge in [-0.15, -0.1) is 0 Å². The number of likely N-dealkylation sites (tertiary alicyclic amines) is 1. The minimum Gasteiger partial charge on any atom is -0.310 e. The van der Waals surface area contributed by atoms with Crippen LogP contribution < -0.4 is 5.32 Å². The van der Waals surface area contributed by atoms with Crippen molar-refractivity contribution in [2.75, 3.05) is 19.6 Å². The Hall–Kier alpha value is -1.13. The van der Waals surface area contributed by atoms with Gasteiger partial charge in [-0.1, -0.05) is 18.6 Å². The fraction of sp³-hybridized carbons (Fsp3) is 0.706. The normalized spacial score (nSPS) is 17.1. The summed E-state index contributed by atoms with van der Waals surface area (Å²) in [6.07, 6.45) is 7.99. The summed E-state index contributed by atoms with van der Waals surface area (Å²) < 4.78 is 1.93. The molecule has 0 atom stereocenters. The van der Waals surface area contributed by atoms with E-state index in [2.05, 4.69) is 48.4 Å². The maximum atomic E-state index is 4.51. The van der Waals surface area contributed by atoms with Crippen molar-refractivity contribution in [3.05, 3.63) is 29.1 Å². The van der Waals surface area contributed by atoms with Crippen molar-refractivity contribution in [2.24, 2.45) is 7.05 Å². The van der Waals surface area contributed by atoms with Crippen LogP contribution in [0, 0.1) is 0 Å². The zero-order chi connectivity index (χ0) is 15.2. The van der Waals surface area contributed by atoms with Crippen LogP contribution in [0.1, 0.15) is 44.9 Å². The first-order chi connectivity index (χ1) is 10.1. The molecule has 0 spiro atoms. The molecule has 118 valence electrons. The van der Waals surface area contributed by atoms with Crippen LogP contribution in [0.5, 0.6) is 0 Å². The van der Waals surface area contributed by atoms with Gasteiger partial charge in [-0.25, -0.2) is 0 Å². The SMILES string of the molecule is CCc1nn(C)cc1CNC1CCN(CC=C(C)C)CC1. The van der Waals surface area contributed by atoms with E-state index >= 15 is 0 Å². The summed E-state index contributed by atoms with van der Waals surface area (Å²) >= 11 is 0. The number of allylic oxidation sites excluding steroid dienone is 1. The topological polar surface area (TPSA) is 33.1 Å². The molecule has 0 amide bonds. The molecule has 1 fully saturated rings. The fourth-order valence-electron chi connectivity index (χ4n) is 2.91. The molecule has 0 radical (unpaired) electrons. The molecule has 1 saturated heterocycles. The van der Waals surface area contributed by atoms with E-state index in [0.29, 0.717) is 6.04 Å². The van der Waals surface area contributed by atoms with Gasteiger partial charge < -0.3 is 5.32 Å². The van der Waals surface area contributed by atoms with Crippen LogP contribution in [0.25, 0.3) is 0 Å². The molecule has 0 aromatic carbocycles. The van der Waals surface area contributed by atoms with Crippen LogP contribution in [0.15, 0.2) is 17.8 Å². The van der Waals surface area contributed by atoms with Gasteiger partial charge >= 0.3 is 0 Å². The lowest BCUT2D eigenvalue weighted by molar-refractivity contribution is 0.214. The molecule has 0 aliphatic carbocycles. The summed E-state index contributed by atoms with van der Waals surface area (Å²) in [7, 11) is 2.00. The van der Waals surface area contributed by atoms with E-state index < -0.39 is 0 Å². The number of aromatic nitrogens is 2. The standard InChI is InChI=1S/C17H30N4/c1-5-17-15(13-20(4)19-17)12-18-16-7-10-21(11-8-16)9-6-14(2)3/h6,13,16,18H,5,7-12H2,1-4H3. The second-order valence-electron chi connectivity index (χ2n) is 6.37. The number of hydrogen-bond acceptors (Lipinski definition) is 3. The summed E-state index contributed by atoms with van der Waals surface area (Å²) in [5.41, 5.74) is 4.00. The molecule has 4 nitrogen and oxygen atoms in total. The van der Waals surface area contributed by atoms with E-state index in [-0.39, 0.29) is 0 Å². The molecular weight excluding hydrogens is 260 g/mol. The molecule has 1 N–H and O–H groups in total. The van der Waals surface area contributed by atoms with Crippen LogP contribution in [0.2, 0.25) is 0 Å². The molecular formula is C17H30N4. The lowest BCUT2D eigenvalue weighted by atomic mass is 10.0. The van der Waals surface area contributed by atoms with Crippen LogP contribution in [0.3, 0.4) is 0 Å². The zero-order valence-corrected chi connectivity index (χ0v) is 14.0. The summed E-state index contributed by atoms with van der Waals surface area (Å²) in [5, 5.41) is 8.22. The molecule has 1 aromatic rings. The van der Waals surface area contributed by atoms with Gasteiger partial charge in [-0.2, -0.15) is 5.10 Å². The first-order valence-electron chi connectivity index (χ1n) is 8.19. The minimum atomic E-state index is 0.651. The van der Waals surface area contributed by atoms with Crippen LogP contribution in [-0.2, 0) is 20.0 Å². The lowest BCUT2D eigenvalue weighted by Crippen LogP contribution is -2.42. The zero-order valence-electron chi connectivity index (χ0n) is 14.0. The van der Waals surface area contributed by atoms with Gasteiger partial charge in [0.1, 0.15) is 0 Å². The molecule has 1 aromatic heterocycles. The highest BCUT2D eigenvalue weighted by Crippen LogP contribution is 2.13. The van der Waals surface area contributed by atoms with Crippen molar-refractivity contribution in [2.45, 2.75) is 52.6 Å². The Morgan fingerprint density at radius 2 is 2.10 bits per heavy atom. The van der Waals surface area contributed by atoms with Crippen molar-refractivity contribution in [3.8, 4) is 0 Å². The molecule has 0 bridgehead atoms. The highest BCUT2D eigenvalue weighted by atomic mass is 15.3. The van der Waals surface area contributed by atoms with Gasteiger partial charge in [0.2, 0.25) is 0 Å². The van der Waals surface area contributed by atoms with Crippen LogP contribution in [-0.4, -0.2) is 40.4 Å². The van der Waals surface area contributed by atoms with Gasteiger partial charge in [0.05, 0.1) is 5.69 Å². The first kappa shape index (κ1) is 16.2. The van der Waals surface area contributed by atoms with E-state index in [1.54, 1.807) is 0 Å². The Bertz CT molecular complexity index is 463. The molecule has 0 unspecified atom stereocenters. The maximum Gasteiger partial charge on any atom is 0.0666 e. The highest BCUT2D eigenvalue weighted by molar-refractivity contribution is 5.16. The lowest BCUT2D eigenvalue weighted by Gasteiger charge is -2.31. The third-order valence-electron chi connectivity index (χ3n) is 4.25. The van der Waals surface area contributed by atoms with Crippen molar-refractivity contribution >= 4 is 0 Å². The van der Waals surface area contributed by atoms with Crippen molar-refractivity contribution in [1.29, 1.82) is 0 Å². The Morgan fingerprint density at radius 1 is 1.38 bits per heavy atom.